The molecule has 0 amide bonds. The van der Waals surface area contributed by atoms with E-state index in [0.29, 0.717) is 11.5 Å². The molecule has 0 bridgehead atoms. The van der Waals surface area contributed by atoms with Crippen LogP contribution in [0.3, 0.4) is 0 Å². The number of rotatable bonds is 4. The quantitative estimate of drug-likeness (QED) is 0.838. The van der Waals surface area contributed by atoms with E-state index < -0.39 is 5.97 Å². The van der Waals surface area contributed by atoms with Gasteiger partial charge in [-0.15, -0.1) is 0 Å². The number of aliphatic carboxylic acids is 1. The van der Waals surface area contributed by atoms with E-state index in [9.17, 15) is 4.79 Å². The molecule has 0 aliphatic carbocycles. The summed E-state index contributed by atoms with van der Waals surface area (Å²) in [5, 5.41) is 12.5. The lowest BCUT2D eigenvalue weighted by Gasteiger charge is -2.02. The number of benzene rings is 1. The zero-order valence-corrected chi connectivity index (χ0v) is 9.78. The lowest BCUT2D eigenvalue weighted by Crippen LogP contribution is -1.86. The van der Waals surface area contributed by atoms with Crippen molar-refractivity contribution in [1.29, 1.82) is 0 Å². The number of carbonyl (C=O) groups is 1. The highest BCUT2D eigenvalue weighted by Gasteiger charge is 1.99. The Kier molecular flexibility index (Phi) is 3.43. The van der Waals surface area contributed by atoms with E-state index in [1.807, 2.05) is 7.05 Å². The van der Waals surface area contributed by atoms with E-state index >= 15 is 0 Å². The van der Waals surface area contributed by atoms with E-state index in [0.717, 1.165) is 11.6 Å². The molecule has 0 fully saturated rings. The molecule has 0 atom stereocenters. The molecule has 0 aliphatic heterocycles. The Hall–Kier alpha value is -2.56. The number of aryl methyl sites for hydroxylation is 1. The molecule has 1 heterocycles. The van der Waals surface area contributed by atoms with Gasteiger partial charge in [0.15, 0.2) is 5.75 Å². The maximum Gasteiger partial charge on any atom is 0.328 e. The first kappa shape index (κ1) is 11.9. The van der Waals surface area contributed by atoms with E-state index in [1.165, 1.54) is 6.08 Å². The Morgan fingerprint density at radius 3 is 2.61 bits per heavy atom. The van der Waals surface area contributed by atoms with Crippen LogP contribution in [0.15, 0.2) is 42.7 Å². The number of ether oxygens (including phenoxy) is 1. The summed E-state index contributed by atoms with van der Waals surface area (Å²) in [6.07, 6.45) is 6.00. The van der Waals surface area contributed by atoms with E-state index in [1.54, 1.807) is 41.3 Å². The molecule has 0 radical (unpaired) electrons. The summed E-state index contributed by atoms with van der Waals surface area (Å²) in [5.41, 5.74) is 0.802. The second-order valence-electron chi connectivity index (χ2n) is 3.69. The van der Waals surface area contributed by atoms with Gasteiger partial charge in [-0.05, 0) is 23.8 Å². The Morgan fingerprint density at radius 2 is 2.06 bits per heavy atom. The summed E-state index contributed by atoms with van der Waals surface area (Å²) < 4.78 is 7.21. The SMILES string of the molecule is Cn1cc(Oc2ccc(/C=C/C(=O)O)cc2)cn1. The predicted octanol–water partition coefficient (Wildman–Crippen LogP) is 2.31. The molecule has 2 rings (SSSR count). The van der Waals surface area contributed by atoms with Crippen LogP contribution in [0, 0.1) is 0 Å². The van der Waals surface area contributed by atoms with Crippen molar-refractivity contribution in [3.63, 3.8) is 0 Å². The first-order valence-corrected chi connectivity index (χ1v) is 5.31. The van der Waals surface area contributed by atoms with Crippen molar-refractivity contribution in [3.8, 4) is 11.5 Å². The lowest BCUT2D eigenvalue weighted by atomic mass is 10.2. The first-order chi connectivity index (χ1) is 8.63. The lowest BCUT2D eigenvalue weighted by molar-refractivity contribution is -0.131. The van der Waals surface area contributed by atoms with Crippen LogP contribution in [0.5, 0.6) is 11.5 Å². The zero-order valence-electron chi connectivity index (χ0n) is 9.78. The molecule has 5 nitrogen and oxygen atoms in total. The molecule has 5 heteroatoms. The number of hydrogen-bond acceptors (Lipinski definition) is 3. The van der Waals surface area contributed by atoms with Crippen LogP contribution >= 0.6 is 0 Å². The molecular weight excluding hydrogens is 232 g/mol. The Labute approximate surface area is 104 Å². The maximum absolute atomic E-state index is 10.4. The summed E-state index contributed by atoms with van der Waals surface area (Å²) in [4.78, 5) is 10.4. The second kappa shape index (κ2) is 5.18. The van der Waals surface area contributed by atoms with Crippen LogP contribution < -0.4 is 4.74 Å². The minimum absolute atomic E-state index is 0.659. The largest absolute Gasteiger partial charge is 0.478 e. The van der Waals surface area contributed by atoms with Crippen LogP contribution in [0.4, 0.5) is 0 Å². The number of carboxylic acid groups (broad SMARTS) is 1. The van der Waals surface area contributed by atoms with Crippen molar-refractivity contribution < 1.29 is 14.6 Å². The van der Waals surface area contributed by atoms with Gasteiger partial charge in [-0.1, -0.05) is 12.1 Å². The van der Waals surface area contributed by atoms with Crippen molar-refractivity contribution in [2.45, 2.75) is 0 Å². The van der Waals surface area contributed by atoms with Crippen LogP contribution in [0.2, 0.25) is 0 Å². The van der Waals surface area contributed by atoms with Gasteiger partial charge in [0, 0.05) is 13.1 Å². The molecule has 0 saturated heterocycles. The molecule has 2 aromatic rings. The van der Waals surface area contributed by atoms with Crippen molar-refractivity contribution >= 4 is 12.0 Å². The fourth-order valence-corrected chi connectivity index (χ4v) is 1.40. The molecule has 0 saturated carbocycles. The van der Waals surface area contributed by atoms with E-state index in [4.69, 9.17) is 9.84 Å². The smallest absolute Gasteiger partial charge is 0.328 e. The van der Waals surface area contributed by atoms with Gasteiger partial charge < -0.3 is 9.84 Å². The van der Waals surface area contributed by atoms with Gasteiger partial charge in [-0.3, -0.25) is 4.68 Å². The van der Waals surface area contributed by atoms with Crippen molar-refractivity contribution in [1.82, 2.24) is 9.78 Å². The Balaban J connectivity index is 2.06. The molecule has 1 N–H and O–H groups in total. The first-order valence-electron chi connectivity index (χ1n) is 5.31. The van der Waals surface area contributed by atoms with Crippen LogP contribution in [-0.4, -0.2) is 20.9 Å². The molecule has 1 aromatic carbocycles. The second-order valence-corrected chi connectivity index (χ2v) is 3.69. The summed E-state index contributed by atoms with van der Waals surface area (Å²) in [5.74, 6) is 0.368. The third-order valence-electron chi connectivity index (χ3n) is 2.22. The highest BCUT2D eigenvalue weighted by molar-refractivity contribution is 5.85. The van der Waals surface area contributed by atoms with Crippen LogP contribution in [-0.2, 0) is 11.8 Å². The predicted molar refractivity (Wildman–Crippen MR) is 66.4 cm³/mol. The number of carboxylic acids is 1. The van der Waals surface area contributed by atoms with Gasteiger partial charge in [0.2, 0.25) is 0 Å². The van der Waals surface area contributed by atoms with Crippen molar-refractivity contribution in [2.75, 3.05) is 0 Å². The summed E-state index contributed by atoms with van der Waals surface area (Å²) >= 11 is 0. The molecular formula is C13H12N2O3. The van der Waals surface area contributed by atoms with Gasteiger partial charge in [0.1, 0.15) is 5.75 Å². The highest BCUT2D eigenvalue weighted by Crippen LogP contribution is 2.20. The molecule has 0 spiro atoms. The summed E-state index contributed by atoms with van der Waals surface area (Å²) in [7, 11) is 1.81. The molecule has 1 aromatic heterocycles. The average Bonchev–Trinajstić information content (AvgIpc) is 2.74. The standard InChI is InChI=1S/C13H12N2O3/c1-15-9-12(8-14-15)18-11-5-2-10(3-6-11)4-7-13(16)17/h2-9H,1H3,(H,16,17)/b7-4+. The average molecular weight is 244 g/mol. The molecule has 18 heavy (non-hydrogen) atoms. The van der Waals surface area contributed by atoms with E-state index in [-0.39, 0.29) is 0 Å². The fourth-order valence-electron chi connectivity index (χ4n) is 1.40. The van der Waals surface area contributed by atoms with Gasteiger partial charge in [0.05, 0.1) is 12.4 Å². The molecule has 92 valence electrons. The third kappa shape index (κ3) is 3.21. The van der Waals surface area contributed by atoms with E-state index in [2.05, 4.69) is 5.10 Å². The maximum atomic E-state index is 10.4. The van der Waals surface area contributed by atoms with Gasteiger partial charge in [0.25, 0.3) is 0 Å². The molecule has 0 unspecified atom stereocenters. The Bertz CT molecular complexity index is 570. The molecule has 0 aliphatic rings. The normalized spacial score (nSPS) is 10.7. The van der Waals surface area contributed by atoms with Gasteiger partial charge >= 0.3 is 5.97 Å². The summed E-state index contributed by atoms with van der Waals surface area (Å²) in [6.45, 7) is 0. The van der Waals surface area contributed by atoms with Crippen LogP contribution in [0.25, 0.3) is 6.08 Å². The van der Waals surface area contributed by atoms with Gasteiger partial charge in [-0.25, -0.2) is 4.79 Å². The number of hydrogen-bond donors (Lipinski definition) is 1. The minimum Gasteiger partial charge on any atom is -0.478 e. The number of aromatic nitrogens is 2. The summed E-state index contributed by atoms with van der Waals surface area (Å²) in [6, 6.07) is 7.11. The highest BCUT2D eigenvalue weighted by atomic mass is 16.5. The van der Waals surface area contributed by atoms with Crippen molar-refractivity contribution in [2.24, 2.45) is 7.05 Å². The zero-order chi connectivity index (χ0) is 13.0. The third-order valence-corrected chi connectivity index (χ3v) is 2.22. The van der Waals surface area contributed by atoms with Crippen LogP contribution in [0.1, 0.15) is 5.56 Å². The fraction of sp³-hybridized carbons (Fsp3) is 0.0769. The van der Waals surface area contributed by atoms with Crippen molar-refractivity contribution in [3.05, 3.63) is 48.3 Å². The monoisotopic (exact) mass is 244 g/mol. The minimum atomic E-state index is -0.967. The van der Waals surface area contributed by atoms with Gasteiger partial charge in [-0.2, -0.15) is 5.10 Å². The topological polar surface area (TPSA) is 64.3 Å². The Morgan fingerprint density at radius 1 is 1.33 bits per heavy atom. The number of nitrogens with zero attached hydrogens (tertiary/aromatic N) is 2.